The number of sulfone groups is 1. The number of hydrogen-bond donors (Lipinski definition) is 2. The number of hydrogen-bond acceptors (Lipinski definition) is 5. The normalized spacial score (nSPS) is 14.5. The summed E-state index contributed by atoms with van der Waals surface area (Å²) in [4.78, 5) is 25.2. The number of fused-ring (bicyclic) bond motifs is 2. The summed E-state index contributed by atoms with van der Waals surface area (Å²) in [5.41, 5.74) is 5.70. The molecule has 1 amide bonds. The second-order valence-corrected chi connectivity index (χ2v) is 8.57. The zero-order valence-corrected chi connectivity index (χ0v) is 17.3. The minimum absolute atomic E-state index is 0. The van der Waals surface area contributed by atoms with Crippen molar-refractivity contribution in [3.63, 3.8) is 0 Å². The van der Waals surface area contributed by atoms with Crippen LogP contribution in [-0.4, -0.2) is 32.2 Å². The fourth-order valence-corrected chi connectivity index (χ4v) is 4.98. The average molecular weight is 423 g/mol. The number of rotatable bonds is 5. The average Bonchev–Trinajstić information content (AvgIpc) is 2.70. The van der Waals surface area contributed by atoms with Crippen molar-refractivity contribution in [3.8, 4) is 0 Å². The number of nitrogens with two attached hydrogens (primary N) is 1. The third kappa shape index (κ3) is 3.45. The van der Waals surface area contributed by atoms with E-state index in [-0.39, 0.29) is 51.2 Å². The van der Waals surface area contributed by atoms with Gasteiger partial charge in [-0.2, -0.15) is 0 Å². The molecule has 0 spiro atoms. The summed E-state index contributed by atoms with van der Waals surface area (Å²) in [5, 5.41) is 2.92. The van der Waals surface area contributed by atoms with Gasteiger partial charge in [-0.15, -0.1) is 12.4 Å². The number of carbonyl (C=O) groups is 2. The van der Waals surface area contributed by atoms with Crippen LogP contribution < -0.4 is 11.1 Å². The van der Waals surface area contributed by atoms with E-state index in [1.165, 1.54) is 30.3 Å². The Morgan fingerprint density at radius 1 is 1.04 bits per heavy atom. The van der Waals surface area contributed by atoms with Gasteiger partial charge in [0.05, 0.1) is 15.3 Å². The van der Waals surface area contributed by atoms with E-state index in [9.17, 15) is 18.0 Å². The van der Waals surface area contributed by atoms with Gasteiger partial charge in [0.25, 0.3) is 5.91 Å². The van der Waals surface area contributed by atoms with Crippen LogP contribution in [0.4, 0.5) is 0 Å². The van der Waals surface area contributed by atoms with E-state index in [1.807, 2.05) is 13.8 Å². The molecule has 1 aliphatic rings. The van der Waals surface area contributed by atoms with Gasteiger partial charge >= 0.3 is 0 Å². The van der Waals surface area contributed by atoms with Gasteiger partial charge in [-0.05, 0) is 43.2 Å². The van der Waals surface area contributed by atoms with Crippen LogP contribution in [0.25, 0.3) is 0 Å². The number of carbonyl (C=O) groups excluding carboxylic acids is 2. The SMILES string of the molecule is CCC(CC)(CN)NC(=O)c1ccc2c(c1)S(=O)(=O)c1ccccc1C2=O.Cl. The van der Waals surface area contributed by atoms with Crippen molar-refractivity contribution in [2.75, 3.05) is 6.54 Å². The molecule has 0 fully saturated rings. The van der Waals surface area contributed by atoms with E-state index >= 15 is 0 Å². The zero-order valence-electron chi connectivity index (χ0n) is 15.7. The lowest BCUT2D eigenvalue weighted by Gasteiger charge is -2.31. The van der Waals surface area contributed by atoms with E-state index in [0.29, 0.717) is 12.8 Å². The Kier molecular flexibility index (Phi) is 6.33. The lowest BCUT2D eigenvalue weighted by atomic mass is 9.92. The number of nitrogens with one attached hydrogen (secondary N) is 1. The van der Waals surface area contributed by atoms with Gasteiger partial charge in [0, 0.05) is 23.2 Å². The van der Waals surface area contributed by atoms with Crippen molar-refractivity contribution in [1.82, 2.24) is 5.32 Å². The van der Waals surface area contributed by atoms with E-state index in [2.05, 4.69) is 5.32 Å². The van der Waals surface area contributed by atoms with Gasteiger partial charge in [-0.3, -0.25) is 9.59 Å². The van der Waals surface area contributed by atoms with Gasteiger partial charge in [-0.1, -0.05) is 26.0 Å². The van der Waals surface area contributed by atoms with Gasteiger partial charge in [-0.25, -0.2) is 8.42 Å². The molecule has 0 bridgehead atoms. The molecule has 28 heavy (non-hydrogen) atoms. The maximum Gasteiger partial charge on any atom is 0.251 e. The van der Waals surface area contributed by atoms with Gasteiger partial charge in [0.2, 0.25) is 9.84 Å². The standard InChI is InChI=1S/C20H22N2O4S.ClH/c1-3-20(4-2,12-21)22-19(24)13-9-10-15-17(11-13)27(25,26)16-8-6-5-7-14(16)18(15)23;/h5-11H,3-4,12,21H2,1-2H3,(H,22,24);1H. The fourth-order valence-electron chi connectivity index (χ4n) is 3.31. The summed E-state index contributed by atoms with van der Waals surface area (Å²) in [6.45, 7) is 4.15. The van der Waals surface area contributed by atoms with Crippen molar-refractivity contribution in [3.05, 3.63) is 59.2 Å². The lowest BCUT2D eigenvalue weighted by Crippen LogP contribution is -2.52. The molecule has 3 N–H and O–H groups in total. The number of halogens is 1. The molecule has 3 rings (SSSR count). The number of amides is 1. The molecule has 150 valence electrons. The number of ketones is 1. The van der Waals surface area contributed by atoms with Crippen LogP contribution in [0.3, 0.4) is 0 Å². The third-order valence-corrected chi connectivity index (χ3v) is 7.17. The molecule has 0 aromatic heterocycles. The molecule has 1 heterocycles. The summed E-state index contributed by atoms with van der Waals surface area (Å²) >= 11 is 0. The van der Waals surface area contributed by atoms with Crippen molar-refractivity contribution < 1.29 is 18.0 Å². The summed E-state index contributed by atoms with van der Waals surface area (Å²) in [7, 11) is -3.88. The summed E-state index contributed by atoms with van der Waals surface area (Å²) < 4.78 is 25.9. The second-order valence-electron chi connectivity index (χ2n) is 6.69. The maximum absolute atomic E-state index is 13.0. The molecule has 0 radical (unpaired) electrons. The third-order valence-electron chi connectivity index (χ3n) is 5.32. The van der Waals surface area contributed by atoms with Crippen LogP contribution in [0.15, 0.2) is 52.3 Å². The van der Waals surface area contributed by atoms with E-state index in [1.54, 1.807) is 12.1 Å². The quantitative estimate of drug-likeness (QED) is 0.657. The smallest absolute Gasteiger partial charge is 0.251 e. The molecule has 0 saturated carbocycles. The molecule has 2 aromatic rings. The molecular weight excluding hydrogens is 400 g/mol. The van der Waals surface area contributed by atoms with Crippen molar-refractivity contribution >= 4 is 33.9 Å². The summed E-state index contributed by atoms with van der Waals surface area (Å²) in [6.07, 6.45) is 1.31. The highest BCUT2D eigenvalue weighted by Crippen LogP contribution is 2.34. The Labute approximate surface area is 170 Å². The van der Waals surface area contributed by atoms with E-state index in [4.69, 9.17) is 5.73 Å². The van der Waals surface area contributed by atoms with Crippen LogP contribution in [0.2, 0.25) is 0 Å². The summed E-state index contributed by atoms with van der Waals surface area (Å²) in [5.74, 6) is -0.769. The Bertz CT molecular complexity index is 1020. The van der Waals surface area contributed by atoms with Crippen LogP contribution in [0.1, 0.15) is 53.0 Å². The van der Waals surface area contributed by atoms with E-state index < -0.39 is 21.3 Å². The molecule has 1 aliphatic heterocycles. The summed E-state index contributed by atoms with van der Waals surface area (Å²) in [6, 6.07) is 10.3. The van der Waals surface area contributed by atoms with Gasteiger partial charge < -0.3 is 11.1 Å². The lowest BCUT2D eigenvalue weighted by molar-refractivity contribution is 0.0894. The molecule has 8 heteroatoms. The molecule has 0 atom stereocenters. The highest BCUT2D eigenvalue weighted by atomic mass is 35.5. The zero-order chi connectivity index (χ0) is 19.8. The molecule has 2 aromatic carbocycles. The molecule has 0 aliphatic carbocycles. The first kappa shape index (κ1) is 22.1. The Morgan fingerprint density at radius 2 is 1.64 bits per heavy atom. The topological polar surface area (TPSA) is 106 Å². The van der Waals surface area contributed by atoms with E-state index in [0.717, 1.165) is 0 Å². The van der Waals surface area contributed by atoms with Crippen molar-refractivity contribution in [1.29, 1.82) is 0 Å². The minimum atomic E-state index is -3.88. The molecular formula is C20H23ClN2O4S. The maximum atomic E-state index is 13.0. The Morgan fingerprint density at radius 3 is 2.25 bits per heavy atom. The van der Waals surface area contributed by atoms with Gasteiger partial charge in [0.1, 0.15) is 0 Å². The molecule has 0 saturated heterocycles. The van der Waals surface area contributed by atoms with Crippen molar-refractivity contribution in [2.24, 2.45) is 5.73 Å². The minimum Gasteiger partial charge on any atom is -0.345 e. The van der Waals surface area contributed by atoms with Gasteiger partial charge in [0.15, 0.2) is 5.78 Å². The predicted molar refractivity (Wildman–Crippen MR) is 109 cm³/mol. The molecule has 6 nitrogen and oxygen atoms in total. The molecule has 0 unspecified atom stereocenters. The Hall–Kier alpha value is -2.22. The first-order chi connectivity index (χ1) is 12.8. The first-order valence-corrected chi connectivity index (χ1v) is 10.3. The first-order valence-electron chi connectivity index (χ1n) is 8.85. The monoisotopic (exact) mass is 422 g/mol. The second kappa shape index (κ2) is 8.03. The fraction of sp³-hybridized carbons (Fsp3) is 0.300. The highest BCUT2D eigenvalue weighted by molar-refractivity contribution is 7.91. The highest BCUT2D eigenvalue weighted by Gasteiger charge is 2.35. The number of benzene rings is 2. The van der Waals surface area contributed by atoms with Crippen LogP contribution in [0, 0.1) is 0 Å². The Balaban J connectivity index is 0.00000280. The van der Waals surface area contributed by atoms with Crippen molar-refractivity contribution in [2.45, 2.75) is 42.0 Å². The van der Waals surface area contributed by atoms with Crippen LogP contribution in [-0.2, 0) is 9.84 Å². The largest absolute Gasteiger partial charge is 0.345 e. The van der Waals surface area contributed by atoms with Crippen LogP contribution in [0.5, 0.6) is 0 Å². The van der Waals surface area contributed by atoms with Crippen LogP contribution >= 0.6 is 12.4 Å². The predicted octanol–water partition coefficient (Wildman–Crippen LogP) is 2.73.